The Bertz CT molecular complexity index is 2790. The molecule has 54 heavy (non-hydrogen) atoms. The van der Waals surface area contributed by atoms with Crippen molar-refractivity contribution in [3.05, 3.63) is 222 Å². The third-order valence-electron chi connectivity index (χ3n) is 11.5. The standard InChI is InChI=1S/C51H34N2O/c1-2-12-33(13-3-1)34-22-26-36(27-23-34)49-41-16-6-10-20-46(41)52-50(53-49)37-28-24-35(25-29-37)38-30-31-45-48(32-38)54-47-21-11-9-19-44(47)51(45)42-17-7-4-14-39(42)40-15-5-8-18-43(40)51/h1-22,24-32,34H,23H2. The zero-order valence-corrected chi connectivity index (χ0v) is 29.5. The van der Waals surface area contributed by atoms with Gasteiger partial charge >= 0.3 is 0 Å². The molecule has 1 spiro atoms. The molecule has 2 heterocycles. The SMILES string of the molecule is C1=CC(c2ccccc2)CC=C1c1nc(-c2ccc(-c3ccc4c(c3)Oc3ccccc3C43c4ccccc4-c4ccccc43)cc2)nc2ccccc12. The molecule has 3 aliphatic rings. The molecule has 0 radical (unpaired) electrons. The van der Waals surface area contributed by atoms with Crippen molar-refractivity contribution in [2.24, 2.45) is 0 Å². The maximum Gasteiger partial charge on any atom is 0.160 e. The summed E-state index contributed by atoms with van der Waals surface area (Å²) in [6.07, 6.45) is 7.80. The van der Waals surface area contributed by atoms with Crippen LogP contribution >= 0.6 is 0 Å². The minimum atomic E-state index is -0.462. The van der Waals surface area contributed by atoms with Crippen molar-refractivity contribution in [2.75, 3.05) is 0 Å². The molecule has 1 aromatic heterocycles. The van der Waals surface area contributed by atoms with Crippen LogP contribution in [-0.2, 0) is 5.41 Å². The van der Waals surface area contributed by atoms with E-state index >= 15 is 0 Å². The summed E-state index contributed by atoms with van der Waals surface area (Å²) in [6, 6.07) is 60.6. The van der Waals surface area contributed by atoms with Crippen LogP contribution in [0.25, 0.3) is 50.1 Å². The molecule has 1 aliphatic heterocycles. The second-order valence-electron chi connectivity index (χ2n) is 14.4. The van der Waals surface area contributed by atoms with E-state index in [1.165, 1.54) is 33.4 Å². The number of aromatic nitrogens is 2. The van der Waals surface area contributed by atoms with E-state index in [-0.39, 0.29) is 0 Å². The lowest BCUT2D eigenvalue weighted by Crippen LogP contribution is -2.32. The van der Waals surface area contributed by atoms with Crippen LogP contribution in [0, 0.1) is 0 Å². The average Bonchev–Trinajstić information content (AvgIpc) is 3.54. The lowest BCUT2D eigenvalue weighted by molar-refractivity contribution is 0.436. The van der Waals surface area contributed by atoms with Gasteiger partial charge in [0.1, 0.15) is 11.5 Å². The maximum atomic E-state index is 6.76. The highest BCUT2D eigenvalue weighted by atomic mass is 16.5. The van der Waals surface area contributed by atoms with Crippen LogP contribution in [0.2, 0.25) is 0 Å². The van der Waals surface area contributed by atoms with Crippen LogP contribution in [0.15, 0.2) is 188 Å². The van der Waals surface area contributed by atoms with Gasteiger partial charge in [0.15, 0.2) is 5.82 Å². The minimum Gasteiger partial charge on any atom is -0.457 e. The molecule has 2 aliphatic carbocycles. The summed E-state index contributed by atoms with van der Waals surface area (Å²) < 4.78 is 6.76. The third kappa shape index (κ3) is 4.61. The highest BCUT2D eigenvalue weighted by molar-refractivity contribution is 5.94. The van der Waals surface area contributed by atoms with E-state index in [2.05, 4.69) is 182 Å². The Balaban J connectivity index is 0.969. The van der Waals surface area contributed by atoms with E-state index in [0.29, 0.717) is 5.92 Å². The predicted octanol–water partition coefficient (Wildman–Crippen LogP) is 12.6. The summed E-state index contributed by atoms with van der Waals surface area (Å²) in [7, 11) is 0. The number of para-hydroxylation sites is 2. The molecular weight excluding hydrogens is 657 g/mol. The van der Waals surface area contributed by atoms with Gasteiger partial charge in [-0.2, -0.15) is 0 Å². The first-order valence-corrected chi connectivity index (χ1v) is 18.7. The zero-order valence-electron chi connectivity index (χ0n) is 29.5. The van der Waals surface area contributed by atoms with Crippen molar-refractivity contribution in [2.45, 2.75) is 17.8 Å². The Morgan fingerprint density at radius 1 is 0.519 bits per heavy atom. The number of benzene rings is 7. The highest BCUT2D eigenvalue weighted by Crippen LogP contribution is 2.62. The van der Waals surface area contributed by atoms with Gasteiger partial charge in [-0.1, -0.05) is 170 Å². The van der Waals surface area contributed by atoms with Crippen LogP contribution in [-0.4, -0.2) is 9.97 Å². The molecule has 0 saturated carbocycles. The van der Waals surface area contributed by atoms with E-state index in [1.54, 1.807) is 0 Å². The molecular formula is C51H34N2O. The Hall–Kier alpha value is -6.84. The van der Waals surface area contributed by atoms with Crippen molar-refractivity contribution in [1.82, 2.24) is 9.97 Å². The van der Waals surface area contributed by atoms with Gasteiger partial charge in [-0.15, -0.1) is 0 Å². The Morgan fingerprint density at radius 2 is 1.15 bits per heavy atom. The molecule has 11 rings (SSSR count). The van der Waals surface area contributed by atoms with E-state index in [1.807, 2.05) is 6.07 Å². The normalized spacial score (nSPS) is 15.9. The summed E-state index contributed by atoms with van der Waals surface area (Å²) >= 11 is 0. The van der Waals surface area contributed by atoms with Gasteiger partial charge in [0.2, 0.25) is 0 Å². The van der Waals surface area contributed by atoms with Crippen LogP contribution in [0.5, 0.6) is 11.5 Å². The number of allylic oxidation sites excluding steroid dienone is 4. The van der Waals surface area contributed by atoms with Crippen LogP contribution in [0.3, 0.4) is 0 Å². The lowest BCUT2D eigenvalue weighted by Gasteiger charge is -2.39. The van der Waals surface area contributed by atoms with E-state index in [4.69, 9.17) is 14.7 Å². The average molecular weight is 691 g/mol. The fourth-order valence-corrected chi connectivity index (χ4v) is 9.02. The number of fused-ring (bicyclic) bond motifs is 10. The number of hydrogen-bond donors (Lipinski definition) is 0. The molecule has 254 valence electrons. The monoisotopic (exact) mass is 690 g/mol. The molecule has 1 unspecified atom stereocenters. The highest BCUT2D eigenvalue weighted by Gasteiger charge is 2.50. The van der Waals surface area contributed by atoms with Crippen molar-refractivity contribution in [3.63, 3.8) is 0 Å². The Kier molecular flexibility index (Phi) is 6.90. The van der Waals surface area contributed by atoms with E-state index < -0.39 is 5.41 Å². The lowest BCUT2D eigenvalue weighted by atomic mass is 9.66. The van der Waals surface area contributed by atoms with E-state index in [9.17, 15) is 0 Å². The second-order valence-corrected chi connectivity index (χ2v) is 14.4. The Morgan fingerprint density at radius 3 is 1.91 bits per heavy atom. The van der Waals surface area contributed by atoms with Crippen LogP contribution < -0.4 is 4.74 Å². The number of nitrogens with zero attached hydrogens (tertiary/aromatic N) is 2. The predicted molar refractivity (Wildman–Crippen MR) is 219 cm³/mol. The molecule has 0 saturated heterocycles. The molecule has 0 bridgehead atoms. The summed E-state index contributed by atoms with van der Waals surface area (Å²) in [5, 5.41) is 1.06. The molecule has 3 heteroatoms. The summed E-state index contributed by atoms with van der Waals surface area (Å²) in [5.41, 5.74) is 14.6. The first-order valence-electron chi connectivity index (χ1n) is 18.7. The second kappa shape index (κ2) is 12.1. The van der Waals surface area contributed by atoms with Crippen molar-refractivity contribution in [3.8, 4) is 45.1 Å². The summed E-state index contributed by atoms with van der Waals surface area (Å²) in [6.45, 7) is 0. The maximum absolute atomic E-state index is 6.76. The number of hydrogen-bond acceptors (Lipinski definition) is 3. The van der Waals surface area contributed by atoms with E-state index in [0.717, 1.165) is 68.2 Å². The Labute approximate surface area is 314 Å². The zero-order chi connectivity index (χ0) is 35.6. The number of rotatable bonds is 4. The van der Waals surface area contributed by atoms with Crippen molar-refractivity contribution < 1.29 is 4.74 Å². The summed E-state index contributed by atoms with van der Waals surface area (Å²) in [4.78, 5) is 10.2. The largest absolute Gasteiger partial charge is 0.457 e. The van der Waals surface area contributed by atoms with Crippen molar-refractivity contribution in [1.29, 1.82) is 0 Å². The molecule has 0 fully saturated rings. The first kappa shape index (κ1) is 30.8. The van der Waals surface area contributed by atoms with Crippen LogP contribution in [0.4, 0.5) is 0 Å². The quantitative estimate of drug-likeness (QED) is 0.184. The first-order chi connectivity index (χ1) is 26.8. The van der Waals surface area contributed by atoms with Crippen molar-refractivity contribution >= 4 is 16.5 Å². The smallest absolute Gasteiger partial charge is 0.160 e. The third-order valence-corrected chi connectivity index (χ3v) is 11.5. The minimum absolute atomic E-state index is 0.370. The van der Waals surface area contributed by atoms with Gasteiger partial charge in [0.25, 0.3) is 0 Å². The molecule has 1 atom stereocenters. The fraction of sp³-hybridized carbons (Fsp3) is 0.0588. The van der Waals surface area contributed by atoms with Gasteiger partial charge in [-0.05, 0) is 69.1 Å². The topological polar surface area (TPSA) is 35.0 Å². The number of ether oxygens (including phenoxy) is 1. The molecule has 0 amide bonds. The van der Waals surface area contributed by atoms with Gasteiger partial charge in [-0.3, -0.25) is 0 Å². The van der Waals surface area contributed by atoms with Gasteiger partial charge in [0, 0.05) is 28.0 Å². The van der Waals surface area contributed by atoms with Gasteiger partial charge in [-0.25, -0.2) is 9.97 Å². The van der Waals surface area contributed by atoms with Gasteiger partial charge < -0.3 is 4.74 Å². The fourth-order valence-electron chi connectivity index (χ4n) is 9.02. The molecule has 3 nitrogen and oxygen atoms in total. The molecule has 7 aromatic carbocycles. The van der Waals surface area contributed by atoms with Crippen LogP contribution in [0.1, 0.15) is 45.8 Å². The molecule has 8 aromatic rings. The summed E-state index contributed by atoms with van der Waals surface area (Å²) in [5.74, 6) is 2.87. The van der Waals surface area contributed by atoms with Gasteiger partial charge in [0.05, 0.1) is 16.6 Å². The molecule has 0 N–H and O–H groups in total.